The van der Waals surface area contributed by atoms with Crippen molar-refractivity contribution >= 4 is 34.6 Å². The zero-order valence-electron chi connectivity index (χ0n) is 26.5. The molecule has 0 saturated heterocycles. The van der Waals surface area contributed by atoms with E-state index in [9.17, 15) is 19.8 Å². The van der Waals surface area contributed by atoms with Crippen molar-refractivity contribution in [2.75, 3.05) is 21.0 Å². The number of benzene rings is 2. The highest BCUT2D eigenvalue weighted by molar-refractivity contribution is 9.10. The van der Waals surface area contributed by atoms with Crippen molar-refractivity contribution in [3.63, 3.8) is 0 Å². The van der Waals surface area contributed by atoms with Gasteiger partial charge in [-0.3, -0.25) is 4.79 Å². The number of ether oxygens (including phenoxy) is 3. The second-order valence-corrected chi connectivity index (χ2v) is 17.7. The number of fused-ring (bicyclic) bond motifs is 1. The predicted octanol–water partition coefficient (Wildman–Crippen LogP) is 4.68. The topological polar surface area (TPSA) is 110 Å². The van der Waals surface area contributed by atoms with Crippen LogP contribution in [0.4, 0.5) is 0 Å². The third-order valence-corrected chi connectivity index (χ3v) is 14.6. The van der Waals surface area contributed by atoms with Crippen LogP contribution in [0.2, 0.25) is 5.04 Å². The summed E-state index contributed by atoms with van der Waals surface area (Å²) in [6.45, 7) is 7.86. The van der Waals surface area contributed by atoms with Gasteiger partial charge in [-0.15, -0.1) is 0 Å². The Hall–Kier alpha value is -2.31. The van der Waals surface area contributed by atoms with E-state index >= 15 is 0 Å². The highest BCUT2D eigenvalue weighted by Gasteiger charge is 2.54. The Kier molecular flexibility index (Phi) is 11.0. The van der Waals surface area contributed by atoms with Crippen molar-refractivity contribution in [1.29, 1.82) is 0 Å². The summed E-state index contributed by atoms with van der Waals surface area (Å²) in [6, 6.07) is 19.3. The van der Waals surface area contributed by atoms with Crippen molar-refractivity contribution in [3.8, 4) is 5.75 Å². The summed E-state index contributed by atoms with van der Waals surface area (Å²) in [5.41, 5.74) is -0.696. The van der Waals surface area contributed by atoms with Crippen molar-refractivity contribution in [1.82, 2.24) is 4.57 Å². The van der Waals surface area contributed by atoms with E-state index in [4.69, 9.17) is 14.2 Å². The lowest BCUT2D eigenvalue weighted by atomic mass is 9.67. The molecule has 0 saturated carbocycles. The second kappa shape index (κ2) is 14.0. The van der Waals surface area contributed by atoms with E-state index in [1.807, 2.05) is 72.2 Å². The van der Waals surface area contributed by atoms with Crippen LogP contribution in [0.15, 0.2) is 76.1 Å². The Morgan fingerprint density at radius 1 is 1.07 bits per heavy atom. The number of hydrogen-bond donors (Lipinski definition) is 3. The molecule has 10 heteroatoms. The summed E-state index contributed by atoms with van der Waals surface area (Å²) in [6.07, 6.45) is 1.37. The van der Waals surface area contributed by atoms with E-state index in [0.29, 0.717) is 29.4 Å². The third kappa shape index (κ3) is 6.35. The van der Waals surface area contributed by atoms with Gasteiger partial charge in [0, 0.05) is 18.7 Å². The summed E-state index contributed by atoms with van der Waals surface area (Å²) in [7, 11) is -0.258. The van der Waals surface area contributed by atoms with E-state index in [2.05, 4.69) is 29.8 Å². The SMILES string of the molecule is COCOC1c2c(OC)c(=O)c(Br)cn2C(CC(C)O)C(O)C1(C)CCCC(C)(C)[Si](O)(c1ccccc1)c1ccccc1. The van der Waals surface area contributed by atoms with Crippen LogP contribution < -0.4 is 20.5 Å². The van der Waals surface area contributed by atoms with E-state index < -0.39 is 43.1 Å². The van der Waals surface area contributed by atoms with Crippen molar-refractivity contribution in [3.05, 3.63) is 87.3 Å². The maximum atomic E-state index is 13.2. The molecule has 240 valence electrons. The van der Waals surface area contributed by atoms with E-state index in [-0.39, 0.29) is 24.4 Å². The van der Waals surface area contributed by atoms with E-state index in [1.54, 1.807) is 13.1 Å². The van der Waals surface area contributed by atoms with Gasteiger partial charge in [0.1, 0.15) is 12.9 Å². The number of halogens is 1. The first-order chi connectivity index (χ1) is 20.8. The quantitative estimate of drug-likeness (QED) is 0.177. The number of hydrogen-bond acceptors (Lipinski definition) is 7. The van der Waals surface area contributed by atoms with Gasteiger partial charge in [-0.25, -0.2) is 0 Å². The number of methoxy groups -OCH3 is 2. The monoisotopic (exact) mass is 687 g/mol. The van der Waals surface area contributed by atoms with Crippen molar-refractivity contribution in [2.45, 2.75) is 82.8 Å². The van der Waals surface area contributed by atoms with Crippen LogP contribution >= 0.6 is 15.9 Å². The van der Waals surface area contributed by atoms with E-state index in [0.717, 1.165) is 10.4 Å². The largest absolute Gasteiger partial charge is 0.491 e. The Morgan fingerprint density at radius 3 is 2.14 bits per heavy atom. The maximum absolute atomic E-state index is 13.2. The predicted molar refractivity (Wildman–Crippen MR) is 178 cm³/mol. The van der Waals surface area contributed by atoms with Crippen LogP contribution in [-0.4, -0.2) is 61.1 Å². The fourth-order valence-corrected chi connectivity index (χ4v) is 11.2. The minimum atomic E-state index is -3.23. The number of aromatic nitrogens is 1. The summed E-state index contributed by atoms with van der Waals surface area (Å²) in [5.74, 6) is 0.129. The van der Waals surface area contributed by atoms with Crippen molar-refractivity contribution < 1.29 is 29.2 Å². The molecule has 44 heavy (non-hydrogen) atoms. The van der Waals surface area contributed by atoms with Gasteiger partial charge in [0.05, 0.1) is 35.5 Å². The third-order valence-electron chi connectivity index (χ3n) is 9.45. The molecule has 2 aromatic carbocycles. The standard InChI is InChI=1S/C34H46BrNO7Si/c1-23(37)20-27-31(39)34(4,32(43-22-41-5)28-30(42-6)29(38)26(35)21-36(27)28)19-13-18-33(2,3)44(40,24-14-9-7-10-15-24)25-16-11-8-12-17-25/h7-12,14-17,21,23,27,31-32,37,39-40H,13,18-20,22H2,1-6H3. The number of aliphatic hydroxyl groups is 2. The fraction of sp³-hybridized carbons (Fsp3) is 0.500. The lowest BCUT2D eigenvalue weighted by Gasteiger charge is -2.51. The van der Waals surface area contributed by atoms with Crippen LogP contribution in [0.1, 0.15) is 71.2 Å². The summed E-state index contributed by atoms with van der Waals surface area (Å²) >= 11 is 3.36. The molecule has 8 nitrogen and oxygen atoms in total. The molecule has 1 aliphatic heterocycles. The Balaban J connectivity index is 1.75. The molecule has 3 aromatic rings. The highest BCUT2D eigenvalue weighted by atomic mass is 79.9. The smallest absolute Gasteiger partial charge is 0.258 e. The maximum Gasteiger partial charge on any atom is 0.258 e. The minimum Gasteiger partial charge on any atom is -0.491 e. The lowest BCUT2D eigenvalue weighted by molar-refractivity contribution is -0.178. The van der Waals surface area contributed by atoms with Gasteiger partial charge in [0.25, 0.3) is 8.32 Å². The molecular formula is C34H46BrNO7Si. The van der Waals surface area contributed by atoms with Gasteiger partial charge < -0.3 is 33.8 Å². The first-order valence-corrected chi connectivity index (χ1v) is 17.9. The molecule has 5 unspecified atom stereocenters. The normalized spacial score (nSPS) is 22.8. The molecule has 4 rings (SSSR count). The van der Waals surface area contributed by atoms with Gasteiger partial charge in [-0.1, -0.05) is 87.9 Å². The van der Waals surface area contributed by atoms with Crippen LogP contribution in [-0.2, 0) is 9.47 Å². The molecule has 2 heterocycles. The molecule has 0 amide bonds. The Morgan fingerprint density at radius 2 is 1.64 bits per heavy atom. The van der Waals surface area contributed by atoms with Crippen LogP contribution in [0, 0.1) is 5.41 Å². The minimum absolute atomic E-state index is 0.0539. The summed E-state index contributed by atoms with van der Waals surface area (Å²) in [4.78, 5) is 25.9. The lowest BCUT2D eigenvalue weighted by Crippen LogP contribution is -2.65. The summed E-state index contributed by atoms with van der Waals surface area (Å²) < 4.78 is 19.3. The number of pyridine rings is 1. The first kappa shape index (κ1) is 34.6. The Labute approximate surface area is 269 Å². The van der Waals surface area contributed by atoms with Gasteiger partial charge >= 0.3 is 0 Å². The molecule has 5 atom stereocenters. The van der Waals surface area contributed by atoms with Crippen LogP contribution in [0.5, 0.6) is 5.75 Å². The van der Waals surface area contributed by atoms with Gasteiger partial charge in [0.15, 0.2) is 5.75 Å². The Bertz CT molecular complexity index is 1410. The molecular weight excluding hydrogens is 642 g/mol. The average Bonchev–Trinajstić information content (AvgIpc) is 3.00. The molecule has 1 aliphatic rings. The highest BCUT2D eigenvalue weighted by Crippen LogP contribution is 2.54. The molecule has 0 aliphatic carbocycles. The molecule has 1 aromatic heterocycles. The zero-order valence-corrected chi connectivity index (χ0v) is 29.1. The number of aliphatic hydroxyl groups excluding tert-OH is 2. The molecule has 0 spiro atoms. The molecule has 0 fully saturated rings. The average molecular weight is 689 g/mol. The van der Waals surface area contributed by atoms with Gasteiger partial charge in [0.2, 0.25) is 5.43 Å². The summed E-state index contributed by atoms with van der Waals surface area (Å²) in [5, 5.41) is 24.0. The van der Waals surface area contributed by atoms with Gasteiger partial charge in [-0.2, -0.15) is 0 Å². The molecule has 0 bridgehead atoms. The molecule has 3 N–H and O–H groups in total. The molecule has 0 radical (unpaired) electrons. The number of nitrogens with zero attached hydrogens (tertiary/aromatic N) is 1. The van der Waals surface area contributed by atoms with Crippen LogP contribution in [0.25, 0.3) is 0 Å². The zero-order chi connectivity index (χ0) is 32.3. The fourth-order valence-electron chi connectivity index (χ4n) is 7.05. The first-order valence-electron chi connectivity index (χ1n) is 15.1. The van der Waals surface area contributed by atoms with E-state index in [1.165, 1.54) is 14.2 Å². The van der Waals surface area contributed by atoms with Crippen molar-refractivity contribution in [2.24, 2.45) is 5.41 Å². The number of rotatable bonds is 13. The second-order valence-electron chi connectivity index (χ2n) is 12.9. The van der Waals surface area contributed by atoms with Gasteiger partial charge in [-0.05, 0) is 57.5 Å². The van der Waals surface area contributed by atoms with Crippen LogP contribution in [0.3, 0.4) is 0 Å².